The third-order valence-corrected chi connectivity index (χ3v) is 3.13. The van der Waals surface area contributed by atoms with Crippen molar-refractivity contribution in [2.75, 3.05) is 0 Å². The zero-order valence-corrected chi connectivity index (χ0v) is 9.32. The van der Waals surface area contributed by atoms with E-state index in [0.717, 1.165) is 9.64 Å². The molecule has 1 aromatic carbocycles. The largest absolute Gasteiger partial charge is 0.333 e. The monoisotopic (exact) mass is 320 g/mol. The molecule has 0 bridgehead atoms. The number of hydrogen-bond donors (Lipinski definition) is 0. The molecule has 0 aliphatic rings. The fraction of sp³-hybridized carbons (Fsp3) is 0. The van der Waals surface area contributed by atoms with Gasteiger partial charge >= 0.3 is 10.2 Å². The lowest BCUT2D eigenvalue weighted by molar-refractivity contribution is 0.552. The SMILES string of the molecule is O=S(=O)(F)c1ccc(I)cc1Cl. The van der Waals surface area contributed by atoms with Crippen LogP contribution in [0.25, 0.3) is 0 Å². The molecule has 0 spiro atoms. The minimum absolute atomic E-state index is 0.0931. The van der Waals surface area contributed by atoms with E-state index in [-0.39, 0.29) is 5.02 Å². The first-order chi connectivity index (χ1) is 5.41. The Hall–Kier alpha value is 0.120. The zero-order valence-electron chi connectivity index (χ0n) is 5.59. The first kappa shape index (κ1) is 10.2. The molecule has 0 N–H and O–H groups in total. The normalized spacial score (nSPS) is 11.6. The van der Waals surface area contributed by atoms with Crippen LogP contribution in [-0.4, -0.2) is 8.42 Å². The van der Waals surface area contributed by atoms with Crippen LogP contribution in [0.2, 0.25) is 5.02 Å². The maximum absolute atomic E-state index is 12.4. The molecule has 0 saturated heterocycles. The van der Waals surface area contributed by atoms with Crippen LogP contribution in [-0.2, 0) is 10.2 Å². The van der Waals surface area contributed by atoms with Crippen LogP contribution >= 0.6 is 34.2 Å². The molecule has 2 nitrogen and oxygen atoms in total. The molecule has 12 heavy (non-hydrogen) atoms. The first-order valence-corrected chi connectivity index (χ1v) is 5.65. The minimum Gasteiger partial charge on any atom is -0.189 e. The Morgan fingerprint density at radius 1 is 1.42 bits per heavy atom. The lowest BCUT2D eigenvalue weighted by Crippen LogP contribution is -1.92. The van der Waals surface area contributed by atoms with Crippen LogP contribution in [0.3, 0.4) is 0 Å². The molecule has 0 fully saturated rings. The molecular formula is C6H3ClFIO2S. The number of benzene rings is 1. The van der Waals surface area contributed by atoms with E-state index in [0.29, 0.717) is 0 Å². The van der Waals surface area contributed by atoms with Gasteiger partial charge in [-0.05, 0) is 40.8 Å². The first-order valence-electron chi connectivity index (χ1n) is 2.81. The second-order valence-corrected chi connectivity index (χ2v) is 4.98. The molecule has 0 amide bonds. The summed E-state index contributed by atoms with van der Waals surface area (Å²) in [6.45, 7) is 0. The summed E-state index contributed by atoms with van der Waals surface area (Å²) in [6.07, 6.45) is 0. The Bertz CT molecular complexity index is 404. The Morgan fingerprint density at radius 2 is 2.00 bits per heavy atom. The van der Waals surface area contributed by atoms with Crippen LogP contribution in [0.1, 0.15) is 0 Å². The van der Waals surface area contributed by atoms with Crippen molar-refractivity contribution >= 4 is 44.4 Å². The van der Waals surface area contributed by atoms with Crippen LogP contribution in [0.4, 0.5) is 3.89 Å². The van der Waals surface area contributed by atoms with Gasteiger partial charge < -0.3 is 0 Å². The fourth-order valence-corrected chi connectivity index (χ4v) is 2.33. The van der Waals surface area contributed by atoms with E-state index in [4.69, 9.17) is 11.6 Å². The van der Waals surface area contributed by atoms with Gasteiger partial charge in [-0.1, -0.05) is 11.6 Å². The molecular weight excluding hydrogens is 317 g/mol. The summed E-state index contributed by atoms with van der Waals surface area (Å²) in [5.74, 6) is 0. The summed E-state index contributed by atoms with van der Waals surface area (Å²) in [6, 6.07) is 3.99. The molecule has 0 saturated carbocycles. The fourth-order valence-electron chi connectivity index (χ4n) is 0.673. The maximum Gasteiger partial charge on any atom is 0.333 e. The van der Waals surface area contributed by atoms with Gasteiger partial charge in [0.25, 0.3) is 0 Å². The predicted molar refractivity (Wildman–Crippen MR) is 52.5 cm³/mol. The summed E-state index contributed by atoms with van der Waals surface area (Å²) in [7, 11) is -4.69. The van der Waals surface area contributed by atoms with Crippen molar-refractivity contribution in [3.05, 3.63) is 26.8 Å². The van der Waals surface area contributed by atoms with E-state index < -0.39 is 15.1 Å². The van der Waals surface area contributed by atoms with Crippen molar-refractivity contribution in [2.45, 2.75) is 4.90 Å². The smallest absolute Gasteiger partial charge is 0.189 e. The average molecular weight is 321 g/mol. The van der Waals surface area contributed by atoms with Gasteiger partial charge in [0.1, 0.15) is 4.90 Å². The Labute approximate surface area is 88.1 Å². The van der Waals surface area contributed by atoms with E-state index >= 15 is 0 Å². The van der Waals surface area contributed by atoms with Gasteiger partial charge in [0.2, 0.25) is 0 Å². The molecule has 66 valence electrons. The predicted octanol–water partition coefficient (Wildman–Crippen LogP) is 2.60. The molecule has 0 aliphatic heterocycles. The van der Waals surface area contributed by atoms with Crippen molar-refractivity contribution in [2.24, 2.45) is 0 Å². The highest BCUT2D eigenvalue weighted by atomic mass is 127. The minimum atomic E-state index is -4.69. The molecule has 0 heterocycles. The van der Waals surface area contributed by atoms with Crippen molar-refractivity contribution in [3.8, 4) is 0 Å². The third kappa shape index (κ3) is 2.30. The lowest BCUT2D eigenvalue weighted by atomic mass is 10.4. The Balaban J connectivity index is 3.39. The second-order valence-electron chi connectivity index (χ2n) is 2.01. The van der Waals surface area contributed by atoms with Crippen molar-refractivity contribution in [1.82, 2.24) is 0 Å². The summed E-state index contributed by atoms with van der Waals surface area (Å²) in [5.41, 5.74) is 0. The molecule has 0 aliphatic carbocycles. The maximum atomic E-state index is 12.4. The molecule has 6 heteroatoms. The summed E-state index contributed by atoms with van der Waals surface area (Å²) in [4.78, 5) is -0.482. The molecule has 1 rings (SSSR count). The highest BCUT2D eigenvalue weighted by Gasteiger charge is 2.15. The molecule has 0 radical (unpaired) electrons. The Kier molecular flexibility index (Phi) is 2.95. The van der Waals surface area contributed by atoms with Crippen molar-refractivity contribution in [3.63, 3.8) is 0 Å². The van der Waals surface area contributed by atoms with Gasteiger partial charge in [-0.25, -0.2) is 0 Å². The molecule has 1 aromatic rings. The van der Waals surface area contributed by atoms with Crippen LogP contribution in [0.15, 0.2) is 23.1 Å². The second kappa shape index (κ2) is 3.47. The van der Waals surface area contributed by atoms with E-state index in [9.17, 15) is 12.3 Å². The highest BCUT2D eigenvalue weighted by molar-refractivity contribution is 14.1. The van der Waals surface area contributed by atoms with Gasteiger partial charge in [-0.3, -0.25) is 0 Å². The molecule has 0 unspecified atom stereocenters. The number of hydrogen-bond acceptors (Lipinski definition) is 2. The van der Waals surface area contributed by atoms with Gasteiger partial charge in [-0.2, -0.15) is 8.42 Å². The topological polar surface area (TPSA) is 34.1 Å². The quantitative estimate of drug-likeness (QED) is 0.589. The number of rotatable bonds is 1. The van der Waals surface area contributed by atoms with Gasteiger partial charge in [0, 0.05) is 3.57 Å². The van der Waals surface area contributed by atoms with Crippen molar-refractivity contribution < 1.29 is 12.3 Å². The molecule has 0 aromatic heterocycles. The summed E-state index contributed by atoms with van der Waals surface area (Å²) in [5, 5.41) is -0.0931. The van der Waals surface area contributed by atoms with Crippen LogP contribution in [0.5, 0.6) is 0 Å². The van der Waals surface area contributed by atoms with E-state index in [2.05, 4.69) is 0 Å². The average Bonchev–Trinajstić information content (AvgIpc) is 1.83. The summed E-state index contributed by atoms with van der Waals surface area (Å²) >= 11 is 7.44. The number of halogens is 3. The third-order valence-electron chi connectivity index (χ3n) is 1.16. The lowest BCUT2D eigenvalue weighted by Gasteiger charge is -1.98. The van der Waals surface area contributed by atoms with E-state index in [1.54, 1.807) is 0 Å². The van der Waals surface area contributed by atoms with Gasteiger partial charge in [-0.15, -0.1) is 3.89 Å². The van der Waals surface area contributed by atoms with Crippen molar-refractivity contribution in [1.29, 1.82) is 0 Å². The van der Waals surface area contributed by atoms with Gasteiger partial charge in [0.15, 0.2) is 0 Å². The van der Waals surface area contributed by atoms with E-state index in [1.807, 2.05) is 22.6 Å². The zero-order chi connectivity index (χ0) is 9.35. The van der Waals surface area contributed by atoms with Crippen LogP contribution in [0, 0.1) is 3.57 Å². The summed E-state index contributed by atoms with van der Waals surface area (Å²) < 4.78 is 34.0. The van der Waals surface area contributed by atoms with E-state index in [1.165, 1.54) is 12.1 Å². The van der Waals surface area contributed by atoms with Crippen LogP contribution < -0.4 is 0 Å². The Morgan fingerprint density at radius 3 is 2.42 bits per heavy atom. The molecule has 0 atom stereocenters. The highest BCUT2D eigenvalue weighted by Crippen LogP contribution is 2.24. The standard InChI is InChI=1S/C6H3ClFIO2S/c7-5-3-4(9)1-2-6(5)12(8,10)11/h1-3H. The van der Waals surface area contributed by atoms with Gasteiger partial charge in [0.05, 0.1) is 5.02 Å².